The van der Waals surface area contributed by atoms with Crippen molar-refractivity contribution in [2.75, 3.05) is 0 Å². The minimum atomic E-state index is -1.20. The normalized spacial score (nSPS) is 17.8. The van der Waals surface area contributed by atoms with E-state index in [1.54, 1.807) is 0 Å². The SMILES string of the molecule is [O]C(=O)NC1=CCCCC1. The van der Waals surface area contributed by atoms with Gasteiger partial charge in [0.1, 0.15) is 0 Å². The van der Waals surface area contributed by atoms with Gasteiger partial charge in [-0.25, -0.2) is 9.90 Å². The molecular weight excluding hydrogens is 130 g/mol. The minimum Gasteiger partial charge on any atom is -0.292 e. The molecule has 0 atom stereocenters. The Morgan fingerprint density at radius 3 is 2.80 bits per heavy atom. The summed E-state index contributed by atoms with van der Waals surface area (Å²) < 4.78 is 0. The molecule has 0 saturated carbocycles. The van der Waals surface area contributed by atoms with Gasteiger partial charge in [0.15, 0.2) is 0 Å². The van der Waals surface area contributed by atoms with Gasteiger partial charge in [0.2, 0.25) is 0 Å². The molecule has 0 aliphatic heterocycles. The zero-order valence-electron chi connectivity index (χ0n) is 5.72. The topological polar surface area (TPSA) is 49.0 Å². The Morgan fingerprint density at radius 1 is 1.50 bits per heavy atom. The molecule has 0 heterocycles. The number of carbonyl (C=O) groups excluding carboxylic acids is 1. The molecule has 1 radical (unpaired) electrons. The van der Waals surface area contributed by atoms with Crippen molar-refractivity contribution < 1.29 is 9.90 Å². The summed E-state index contributed by atoms with van der Waals surface area (Å²) in [5.74, 6) is 0. The second-order valence-corrected chi connectivity index (χ2v) is 2.39. The molecule has 0 unspecified atom stereocenters. The van der Waals surface area contributed by atoms with Crippen molar-refractivity contribution >= 4 is 6.09 Å². The molecule has 0 saturated heterocycles. The van der Waals surface area contributed by atoms with Crippen molar-refractivity contribution in [2.45, 2.75) is 25.7 Å². The van der Waals surface area contributed by atoms with Crippen LogP contribution in [0.15, 0.2) is 11.8 Å². The maximum absolute atomic E-state index is 10.0. The first kappa shape index (κ1) is 7.12. The first-order valence-electron chi connectivity index (χ1n) is 3.46. The summed E-state index contributed by atoms with van der Waals surface area (Å²) in [4.78, 5) is 10.0. The molecule has 0 bridgehead atoms. The van der Waals surface area contributed by atoms with E-state index in [9.17, 15) is 9.90 Å². The van der Waals surface area contributed by atoms with E-state index in [0.29, 0.717) is 0 Å². The lowest BCUT2D eigenvalue weighted by atomic mass is 10.1. The lowest BCUT2D eigenvalue weighted by Crippen LogP contribution is -2.20. The van der Waals surface area contributed by atoms with E-state index in [4.69, 9.17) is 0 Å². The Bertz CT molecular complexity index is 163. The molecule has 1 N–H and O–H groups in total. The highest BCUT2D eigenvalue weighted by atomic mass is 16.4. The Labute approximate surface area is 59.7 Å². The fraction of sp³-hybridized carbons (Fsp3) is 0.571. The van der Waals surface area contributed by atoms with Gasteiger partial charge >= 0.3 is 6.09 Å². The molecule has 3 nitrogen and oxygen atoms in total. The van der Waals surface area contributed by atoms with Crippen LogP contribution in [0.5, 0.6) is 0 Å². The predicted molar refractivity (Wildman–Crippen MR) is 35.8 cm³/mol. The average molecular weight is 140 g/mol. The summed E-state index contributed by atoms with van der Waals surface area (Å²) in [6, 6.07) is 0. The largest absolute Gasteiger partial charge is 0.454 e. The molecule has 10 heavy (non-hydrogen) atoms. The van der Waals surface area contributed by atoms with Gasteiger partial charge in [-0.1, -0.05) is 6.08 Å². The number of nitrogens with one attached hydrogen (secondary N) is 1. The smallest absolute Gasteiger partial charge is 0.292 e. The highest BCUT2D eigenvalue weighted by Gasteiger charge is 2.05. The van der Waals surface area contributed by atoms with Gasteiger partial charge in [-0.3, -0.25) is 5.32 Å². The molecule has 0 aromatic heterocycles. The molecule has 1 aliphatic rings. The van der Waals surface area contributed by atoms with Crippen molar-refractivity contribution in [1.82, 2.24) is 5.32 Å². The highest BCUT2D eigenvalue weighted by Crippen LogP contribution is 2.14. The van der Waals surface area contributed by atoms with Crippen molar-refractivity contribution in [2.24, 2.45) is 0 Å². The van der Waals surface area contributed by atoms with Gasteiger partial charge in [-0.15, -0.1) is 0 Å². The maximum atomic E-state index is 10.0. The molecular formula is C7H10NO2. The predicted octanol–water partition coefficient (Wildman–Crippen LogP) is 1.58. The fourth-order valence-corrected chi connectivity index (χ4v) is 1.08. The zero-order chi connectivity index (χ0) is 7.40. The van der Waals surface area contributed by atoms with Crippen LogP contribution in [0.1, 0.15) is 25.7 Å². The van der Waals surface area contributed by atoms with Crippen molar-refractivity contribution in [3.63, 3.8) is 0 Å². The van der Waals surface area contributed by atoms with Crippen LogP contribution >= 0.6 is 0 Å². The van der Waals surface area contributed by atoms with Crippen LogP contribution in [0.3, 0.4) is 0 Å². The number of hydrogen-bond acceptors (Lipinski definition) is 1. The number of carbonyl (C=O) groups is 1. The summed E-state index contributed by atoms with van der Waals surface area (Å²) in [5.41, 5.74) is 0.797. The van der Waals surface area contributed by atoms with E-state index in [1.807, 2.05) is 6.08 Å². The van der Waals surface area contributed by atoms with E-state index in [-0.39, 0.29) is 0 Å². The lowest BCUT2D eigenvalue weighted by molar-refractivity contribution is 0.171. The number of rotatable bonds is 1. The standard InChI is InChI=1S/C7H10NO2/c9-7(10)8-6-4-2-1-3-5-6/h4,8H,1-3,5H2. The molecule has 1 aliphatic carbocycles. The first-order chi connectivity index (χ1) is 4.79. The summed E-state index contributed by atoms with van der Waals surface area (Å²) in [6.45, 7) is 0. The summed E-state index contributed by atoms with van der Waals surface area (Å²) in [7, 11) is 0. The maximum Gasteiger partial charge on any atom is 0.454 e. The van der Waals surface area contributed by atoms with Gasteiger partial charge in [-0.2, -0.15) is 0 Å². The van der Waals surface area contributed by atoms with Crippen LogP contribution in [0.4, 0.5) is 4.79 Å². The Balaban J connectivity index is 2.38. The molecule has 0 spiro atoms. The second kappa shape index (κ2) is 3.25. The molecule has 0 aromatic carbocycles. The van der Waals surface area contributed by atoms with Gasteiger partial charge in [-0.05, 0) is 25.7 Å². The van der Waals surface area contributed by atoms with Crippen LogP contribution in [0, 0.1) is 0 Å². The van der Waals surface area contributed by atoms with Gasteiger partial charge in [0, 0.05) is 5.70 Å². The third-order valence-corrected chi connectivity index (χ3v) is 1.55. The summed E-state index contributed by atoms with van der Waals surface area (Å²) in [6.07, 6.45) is 4.78. The fourth-order valence-electron chi connectivity index (χ4n) is 1.08. The minimum absolute atomic E-state index is 0.797. The third-order valence-electron chi connectivity index (χ3n) is 1.55. The lowest BCUT2D eigenvalue weighted by Gasteiger charge is -2.10. The summed E-state index contributed by atoms with van der Waals surface area (Å²) in [5, 5.41) is 12.3. The molecule has 1 amide bonds. The highest BCUT2D eigenvalue weighted by molar-refractivity contribution is 5.66. The average Bonchev–Trinajstić information content (AvgIpc) is 1.88. The van der Waals surface area contributed by atoms with Crippen LogP contribution in [-0.4, -0.2) is 6.09 Å². The van der Waals surface area contributed by atoms with E-state index < -0.39 is 6.09 Å². The molecule has 3 heteroatoms. The summed E-state index contributed by atoms with van der Waals surface area (Å²) >= 11 is 0. The van der Waals surface area contributed by atoms with Crippen LogP contribution in [-0.2, 0) is 5.11 Å². The van der Waals surface area contributed by atoms with Crippen molar-refractivity contribution in [3.05, 3.63) is 11.8 Å². The Hall–Kier alpha value is -0.990. The van der Waals surface area contributed by atoms with E-state index >= 15 is 0 Å². The van der Waals surface area contributed by atoms with Crippen molar-refractivity contribution in [3.8, 4) is 0 Å². The number of hydrogen-bond donors (Lipinski definition) is 1. The quantitative estimate of drug-likeness (QED) is 0.590. The van der Waals surface area contributed by atoms with Crippen LogP contribution in [0.2, 0.25) is 0 Å². The molecule has 0 aromatic rings. The monoisotopic (exact) mass is 140 g/mol. The van der Waals surface area contributed by atoms with Crippen molar-refractivity contribution in [1.29, 1.82) is 0 Å². The van der Waals surface area contributed by atoms with E-state index in [1.165, 1.54) is 0 Å². The van der Waals surface area contributed by atoms with Crippen LogP contribution < -0.4 is 5.32 Å². The van der Waals surface area contributed by atoms with Gasteiger partial charge in [0.05, 0.1) is 0 Å². The Kier molecular flexibility index (Phi) is 2.31. The van der Waals surface area contributed by atoms with E-state index in [2.05, 4.69) is 5.32 Å². The molecule has 55 valence electrons. The molecule has 1 rings (SSSR count). The van der Waals surface area contributed by atoms with E-state index in [0.717, 1.165) is 31.4 Å². The zero-order valence-corrected chi connectivity index (χ0v) is 5.72. The number of allylic oxidation sites excluding steroid dienone is 2. The number of amides is 1. The van der Waals surface area contributed by atoms with Crippen LogP contribution in [0.25, 0.3) is 0 Å². The third kappa shape index (κ3) is 2.09. The molecule has 0 fully saturated rings. The first-order valence-corrected chi connectivity index (χ1v) is 3.46. The Morgan fingerprint density at radius 2 is 2.30 bits per heavy atom. The van der Waals surface area contributed by atoms with Gasteiger partial charge < -0.3 is 0 Å². The second-order valence-electron chi connectivity index (χ2n) is 2.39. The van der Waals surface area contributed by atoms with Gasteiger partial charge in [0.25, 0.3) is 0 Å².